The van der Waals surface area contributed by atoms with E-state index < -0.39 is 5.97 Å². The Labute approximate surface area is 154 Å². The molecular weight excluding hydrogens is 322 g/mol. The largest absolute Gasteiger partial charge is 0.478 e. The number of benzene rings is 2. The molecule has 2 fully saturated rings. The van der Waals surface area contributed by atoms with Gasteiger partial charge in [-0.15, -0.1) is 0 Å². The second-order valence-corrected chi connectivity index (χ2v) is 8.23. The number of rotatable bonds is 3. The van der Waals surface area contributed by atoms with Gasteiger partial charge in [-0.3, -0.25) is 0 Å². The average Bonchev–Trinajstić information content (AvgIpc) is 3.29. The summed E-state index contributed by atoms with van der Waals surface area (Å²) in [7, 11) is 0. The van der Waals surface area contributed by atoms with Gasteiger partial charge in [0.25, 0.3) is 0 Å². The van der Waals surface area contributed by atoms with Gasteiger partial charge >= 0.3 is 5.97 Å². The molecule has 3 heteroatoms. The highest BCUT2D eigenvalue weighted by atomic mass is 16.4. The van der Waals surface area contributed by atoms with Crippen LogP contribution >= 0.6 is 0 Å². The van der Waals surface area contributed by atoms with E-state index in [1.54, 1.807) is 6.07 Å². The molecule has 0 aromatic heterocycles. The molecule has 2 aliphatic carbocycles. The van der Waals surface area contributed by atoms with E-state index in [0.717, 1.165) is 18.0 Å². The van der Waals surface area contributed by atoms with E-state index in [1.165, 1.54) is 36.0 Å². The fraction of sp³-hybridized carbons (Fsp3) is 0.435. The van der Waals surface area contributed by atoms with E-state index in [2.05, 4.69) is 42.6 Å². The lowest BCUT2D eigenvalue weighted by Crippen LogP contribution is -2.36. The topological polar surface area (TPSA) is 49.3 Å². The average molecular weight is 347 g/mol. The van der Waals surface area contributed by atoms with E-state index in [1.807, 2.05) is 6.07 Å². The van der Waals surface area contributed by atoms with Crippen LogP contribution in [0.5, 0.6) is 0 Å². The molecule has 134 valence electrons. The van der Waals surface area contributed by atoms with Gasteiger partial charge in [0, 0.05) is 0 Å². The van der Waals surface area contributed by atoms with Gasteiger partial charge in [0.1, 0.15) is 0 Å². The van der Waals surface area contributed by atoms with Crippen molar-refractivity contribution in [3.8, 4) is 0 Å². The Morgan fingerprint density at radius 2 is 1.88 bits per heavy atom. The van der Waals surface area contributed by atoms with Crippen LogP contribution in [0.2, 0.25) is 0 Å². The van der Waals surface area contributed by atoms with Gasteiger partial charge in [0.15, 0.2) is 0 Å². The monoisotopic (exact) mass is 347 g/mol. The van der Waals surface area contributed by atoms with Crippen molar-refractivity contribution in [3.63, 3.8) is 0 Å². The minimum Gasteiger partial charge on any atom is -0.478 e. The molecule has 1 aliphatic heterocycles. The zero-order valence-electron chi connectivity index (χ0n) is 15.1. The van der Waals surface area contributed by atoms with Crippen molar-refractivity contribution >= 4 is 11.7 Å². The lowest BCUT2D eigenvalue weighted by Gasteiger charge is -2.44. The number of aryl methyl sites for hydroxylation is 1. The third kappa shape index (κ3) is 2.22. The van der Waals surface area contributed by atoms with Crippen molar-refractivity contribution in [2.45, 2.75) is 44.6 Å². The van der Waals surface area contributed by atoms with Crippen molar-refractivity contribution in [2.75, 3.05) is 5.32 Å². The Morgan fingerprint density at radius 1 is 1.12 bits per heavy atom. The zero-order chi connectivity index (χ0) is 17.8. The summed E-state index contributed by atoms with van der Waals surface area (Å²) >= 11 is 0. The highest BCUT2D eigenvalue weighted by Crippen LogP contribution is 2.63. The fourth-order valence-corrected chi connectivity index (χ4v) is 5.98. The number of hydrogen-bond donors (Lipinski definition) is 2. The molecule has 3 aliphatic rings. The Balaban J connectivity index is 1.64. The van der Waals surface area contributed by atoms with Crippen LogP contribution in [0.4, 0.5) is 5.69 Å². The molecule has 3 nitrogen and oxygen atoms in total. The van der Waals surface area contributed by atoms with Crippen LogP contribution < -0.4 is 5.32 Å². The third-order valence-corrected chi connectivity index (χ3v) is 7.10. The molecule has 26 heavy (non-hydrogen) atoms. The number of nitrogens with one attached hydrogen (secondary N) is 1. The number of hydrogen-bond acceptors (Lipinski definition) is 2. The Hall–Kier alpha value is -2.29. The van der Waals surface area contributed by atoms with Gasteiger partial charge in [0.05, 0.1) is 17.3 Å². The summed E-state index contributed by atoms with van der Waals surface area (Å²) in [6.45, 7) is 2.18. The maximum absolute atomic E-state index is 11.8. The first-order valence-corrected chi connectivity index (χ1v) is 9.89. The van der Waals surface area contributed by atoms with Gasteiger partial charge in [-0.05, 0) is 72.1 Å². The second kappa shape index (κ2) is 5.87. The van der Waals surface area contributed by atoms with Crippen molar-refractivity contribution in [1.82, 2.24) is 0 Å². The number of carbonyl (C=O) groups is 1. The molecule has 2 aromatic rings. The fourth-order valence-electron chi connectivity index (χ4n) is 5.98. The SMILES string of the molecule is CCc1ccc([C@@H]2Nc3c(C(=O)O)cccc3[C@@H]3[C@H]4CC[C@@H](C4)[C@@H]32)cc1. The molecule has 2 saturated carbocycles. The van der Waals surface area contributed by atoms with Gasteiger partial charge < -0.3 is 10.4 Å². The van der Waals surface area contributed by atoms with Crippen LogP contribution in [0.15, 0.2) is 42.5 Å². The minimum absolute atomic E-state index is 0.217. The van der Waals surface area contributed by atoms with Gasteiger partial charge in [-0.1, -0.05) is 43.3 Å². The summed E-state index contributed by atoms with van der Waals surface area (Å²) in [5, 5.41) is 13.4. The van der Waals surface area contributed by atoms with Crippen LogP contribution in [0.25, 0.3) is 0 Å². The van der Waals surface area contributed by atoms with Crippen molar-refractivity contribution in [2.24, 2.45) is 17.8 Å². The maximum Gasteiger partial charge on any atom is 0.337 e. The molecule has 2 N–H and O–H groups in total. The minimum atomic E-state index is -0.837. The molecule has 1 heterocycles. The molecule has 0 amide bonds. The molecule has 0 unspecified atom stereocenters. The number of anilines is 1. The Bertz CT molecular complexity index is 857. The number of para-hydroxylation sites is 1. The molecule has 2 bridgehead atoms. The Kier molecular flexibility index (Phi) is 3.59. The van der Waals surface area contributed by atoms with Crippen LogP contribution in [0.1, 0.15) is 65.2 Å². The summed E-state index contributed by atoms with van der Waals surface area (Å²) in [5.41, 5.74) is 5.16. The number of fused-ring (bicyclic) bond motifs is 7. The van der Waals surface area contributed by atoms with E-state index in [4.69, 9.17) is 0 Å². The van der Waals surface area contributed by atoms with Gasteiger partial charge in [-0.2, -0.15) is 0 Å². The third-order valence-electron chi connectivity index (χ3n) is 7.10. The van der Waals surface area contributed by atoms with Crippen LogP contribution in [0, 0.1) is 17.8 Å². The zero-order valence-corrected chi connectivity index (χ0v) is 15.1. The first kappa shape index (κ1) is 15.9. The van der Waals surface area contributed by atoms with Gasteiger partial charge in [-0.25, -0.2) is 4.79 Å². The summed E-state index contributed by atoms with van der Waals surface area (Å²) < 4.78 is 0. The molecule has 5 rings (SSSR count). The quantitative estimate of drug-likeness (QED) is 0.798. The van der Waals surface area contributed by atoms with Crippen molar-refractivity contribution < 1.29 is 9.90 Å². The van der Waals surface area contributed by atoms with Crippen LogP contribution in [0.3, 0.4) is 0 Å². The molecule has 0 radical (unpaired) electrons. The standard InChI is InChI=1S/C23H25NO2/c1-2-13-6-8-14(9-7-13)21-20-16-11-10-15(12-16)19(20)17-4-3-5-18(23(25)26)22(17)24-21/h3-9,15-16,19-21,24H,2,10-12H2,1H3,(H,25,26)/t15-,16-,19-,20-,21-/m0/s1. The lowest BCUT2D eigenvalue weighted by atomic mass is 9.67. The van der Waals surface area contributed by atoms with Crippen molar-refractivity contribution in [3.05, 3.63) is 64.7 Å². The predicted octanol–water partition coefficient (Wildman–Crippen LogP) is 5.24. The van der Waals surface area contributed by atoms with E-state index in [-0.39, 0.29) is 6.04 Å². The molecule has 2 aromatic carbocycles. The molecule has 0 saturated heterocycles. The van der Waals surface area contributed by atoms with Crippen molar-refractivity contribution in [1.29, 1.82) is 0 Å². The summed E-state index contributed by atoms with van der Waals surface area (Å²) in [4.78, 5) is 11.8. The summed E-state index contributed by atoms with van der Waals surface area (Å²) in [6.07, 6.45) is 4.97. The summed E-state index contributed by atoms with van der Waals surface area (Å²) in [6, 6.07) is 15.0. The van der Waals surface area contributed by atoms with Gasteiger partial charge in [0.2, 0.25) is 0 Å². The van der Waals surface area contributed by atoms with E-state index in [0.29, 0.717) is 23.3 Å². The van der Waals surface area contributed by atoms with E-state index >= 15 is 0 Å². The first-order chi connectivity index (χ1) is 12.7. The number of aromatic carboxylic acids is 1. The molecule has 5 atom stereocenters. The second-order valence-electron chi connectivity index (χ2n) is 8.23. The van der Waals surface area contributed by atoms with Crippen LogP contribution in [-0.2, 0) is 6.42 Å². The lowest BCUT2D eigenvalue weighted by molar-refractivity contribution is 0.0697. The Morgan fingerprint density at radius 3 is 2.62 bits per heavy atom. The predicted molar refractivity (Wildman–Crippen MR) is 103 cm³/mol. The maximum atomic E-state index is 11.8. The van der Waals surface area contributed by atoms with E-state index in [9.17, 15) is 9.90 Å². The molecular formula is C23H25NO2. The first-order valence-electron chi connectivity index (χ1n) is 9.89. The molecule has 0 spiro atoms. The van der Waals surface area contributed by atoms with Crippen LogP contribution in [-0.4, -0.2) is 11.1 Å². The smallest absolute Gasteiger partial charge is 0.337 e. The normalized spacial score (nSPS) is 31.2. The highest BCUT2D eigenvalue weighted by molar-refractivity contribution is 5.95. The number of carboxylic acid groups (broad SMARTS) is 1. The summed E-state index contributed by atoms with van der Waals surface area (Å²) in [5.74, 6) is 1.72. The number of carboxylic acids is 1. The highest BCUT2D eigenvalue weighted by Gasteiger charge is 2.54.